The van der Waals surface area contributed by atoms with Crippen LogP contribution in [0, 0.1) is 0 Å². The van der Waals surface area contributed by atoms with Crippen molar-refractivity contribution in [3.05, 3.63) is 59.4 Å². The predicted molar refractivity (Wildman–Crippen MR) is 95.6 cm³/mol. The molecular weight excluding hydrogens is 314 g/mol. The lowest BCUT2D eigenvalue weighted by Crippen LogP contribution is -2.49. The van der Waals surface area contributed by atoms with E-state index in [1.54, 1.807) is 13.3 Å². The fraction of sp³-hybridized carbons (Fsp3) is 0.400. The highest BCUT2D eigenvalue weighted by atomic mass is 16.5. The zero-order chi connectivity index (χ0) is 17.3. The minimum absolute atomic E-state index is 0.0228. The van der Waals surface area contributed by atoms with Gasteiger partial charge in [0.15, 0.2) is 0 Å². The van der Waals surface area contributed by atoms with Crippen LogP contribution in [0.15, 0.2) is 42.7 Å². The molecule has 2 aliphatic rings. The number of rotatable bonds is 3. The van der Waals surface area contributed by atoms with Gasteiger partial charge in [-0.05, 0) is 48.6 Å². The maximum Gasteiger partial charge on any atom is 0.252 e. The largest absolute Gasteiger partial charge is 0.497 e. The minimum atomic E-state index is -0.133. The van der Waals surface area contributed by atoms with Crippen LogP contribution >= 0.6 is 0 Å². The zero-order valence-electron chi connectivity index (χ0n) is 14.5. The lowest BCUT2D eigenvalue weighted by atomic mass is 9.91. The first-order chi connectivity index (χ1) is 12.2. The molecule has 1 N–H and O–H groups in total. The highest BCUT2D eigenvalue weighted by Gasteiger charge is 2.41. The normalized spacial score (nSPS) is 23.2. The van der Waals surface area contributed by atoms with Gasteiger partial charge in [-0.25, -0.2) is 0 Å². The molecule has 0 saturated carbocycles. The van der Waals surface area contributed by atoms with Gasteiger partial charge < -0.3 is 10.1 Å². The fourth-order valence-electron chi connectivity index (χ4n) is 4.01. The second-order valence-electron chi connectivity index (χ2n) is 7.08. The van der Waals surface area contributed by atoms with Gasteiger partial charge in [0.05, 0.1) is 12.6 Å². The van der Waals surface area contributed by atoms with Gasteiger partial charge in [-0.1, -0.05) is 12.1 Å². The molecule has 25 heavy (non-hydrogen) atoms. The Hall–Kier alpha value is -2.40. The van der Waals surface area contributed by atoms with Crippen LogP contribution < -0.4 is 10.1 Å². The van der Waals surface area contributed by atoms with E-state index in [-0.39, 0.29) is 11.4 Å². The molecule has 1 aromatic heterocycles. The predicted octanol–water partition coefficient (Wildman–Crippen LogP) is 2.41. The highest BCUT2D eigenvalue weighted by molar-refractivity contribution is 5.97. The van der Waals surface area contributed by atoms with E-state index in [1.165, 1.54) is 5.56 Å². The van der Waals surface area contributed by atoms with Gasteiger partial charge in [-0.2, -0.15) is 0 Å². The summed E-state index contributed by atoms with van der Waals surface area (Å²) in [5, 5.41) is 3.33. The summed E-state index contributed by atoms with van der Waals surface area (Å²) in [4.78, 5) is 19.4. The van der Waals surface area contributed by atoms with Gasteiger partial charge >= 0.3 is 0 Å². The molecule has 0 bridgehead atoms. The van der Waals surface area contributed by atoms with E-state index in [4.69, 9.17) is 4.74 Å². The second kappa shape index (κ2) is 6.48. The summed E-state index contributed by atoms with van der Waals surface area (Å²) in [6.45, 7) is 2.76. The topological polar surface area (TPSA) is 54.5 Å². The fourth-order valence-corrected chi connectivity index (χ4v) is 4.01. The molecule has 1 amide bonds. The number of nitrogens with zero attached hydrogens (tertiary/aromatic N) is 2. The van der Waals surface area contributed by atoms with Crippen LogP contribution in [0.4, 0.5) is 0 Å². The number of benzene rings is 1. The Bertz CT molecular complexity index is 778. The summed E-state index contributed by atoms with van der Waals surface area (Å²) < 4.78 is 5.28. The minimum Gasteiger partial charge on any atom is -0.497 e. The SMILES string of the molecule is COc1ccc2c(c1)C(=O)N[C@]1(CC2)CCN(Cc2cccnc2)C1. The molecule has 0 aliphatic carbocycles. The van der Waals surface area contributed by atoms with E-state index in [0.29, 0.717) is 0 Å². The van der Waals surface area contributed by atoms with Crippen LogP contribution in [0.1, 0.15) is 34.3 Å². The van der Waals surface area contributed by atoms with Crippen molar-refractivity contribution in [1.29, 1.82) is 0 Å². The number of carbonyl (C=O) groups is 1. The average Bonchev–Trinajstić information content (AvgIpc) is 2.96. The lowest BCUT2D eigenvalue weighted by molar-refractivity contribution is 0.0901. The van der Waals surface area contributed by atoms with Crippen LogP contribution in [-0.2, 0) is 13.0 Å². The molecule has 0 radical (unpaired) electrons. The van der Waals surface area contributed by atoms with Crippen LogP contribution in [0.2, 0.25) is 0 Å². The van der Waals surface area contributed by atoms with Crippen LogP contribution in [0.5, 0.6) is 5.75 Å². The number of ether oxygens (including phenoxy) is 1. The quantitative estimate of drug-likeness (QED) is 0.934. The summed E-state index contributed by atoms with van der Waals surface area (Å²) in [5.41, 5.74) is 2.95. The van der Waals surface area contributed by atoms with Crippen LogP contribution in [0.3, 0.4) is 0 Å². The molecule has 130 valence electrons. The maximum atomic E-state index is 12.8. The summed E-state index contributed by atoms with van der Waals surface area (Å²) in [7, 11) is 1.63. The molecule has 0 unspecified atom stereocenters. The number of amides is 1. The smallest absolute Gasteiger partial charge is 0.252 e. The number of methoxy groups -OCH3 is 1. The third kappa shape index (κ3) is 3.24. The van der Waals surface area contributed by atoms with Crippen molar-refractivity contribution in [1.82, 2.24) is 15.2 Å². The Labute approximate surface area is 148 Å². The molecule has 4 rings (SSSR count). The van der Waals surface area contributed by atoms with Gasteiger partial charge in [-0.15, -0.1) is 0 Å². The first-order valence-corrected chi connectivity index (χ1v) is 8.78. The van der Waals surface area contributed by atoms with Crippen molar-refractivity contribution in [2.45, 2.75) is 31.3 Å². The third-order valence-corrected chi connectivity index (χ3v) is 5.38. The van der Waals surface area contributed by atoms with E-state index in [1.807, 2.05) is 30.5 Å². The number of likely N-dealkylation sites (tertiary alicyclic amines) is 1. The van der Waals surface area contributed by atoms with E-state index in [2.05, 4.69) is 21.3 Å². The summed E-state index contributed by atoms with van der Waals surface area (Å²) >= 11 is 0. The van der Waals surface area contributed by atoms with Crippen molar-refractivity contribution < 1.29 is 9.53 Å². The average molecular weight is 337 g/mol. The van der Waals surface area contributed by atoms with Gasteiger partial charge in [-0.3, -0.25) is 14.7 Å². The number of hydrogen-bond donors (Lipinski definition) is 1. The van der Waals surface area contributed by atoms with Crippen molar-refractivity contribution >= 4 is 5.91 Å². The lowest BCUT2D eigenvalue weighted by Gasteiger charge is -2.29. The molecule has 2 aromatic rings. The number of carbonyl (C=O) groups excluding carboxylic acids is 1. The summed E-state index contributed by atoms with van der Waals surface area (Å²) in [6, 6.07) is 9.89. The van der Waals surface area contributed by atoms with Crippen molar-refractivity contribution in [3.8, 4) is 5.75 Å². The number of aromatic nitrogens is 1. The molecule has 1 fully saturated rings. The first-order valence-electron chi connectivity index (χ1n) is 8.78. The molecule has 1 saturated heterocycles. The Balaban J connectivity index is 1.50. The second-order valence-corrected chi connectivity index (χ2v) is 7.08. The van der Waals surface area contributed by atoms with E-state index in [0.717, 1.165) is 55.8 Å². The highest BCUT2D eigenvalue weighted by Crippen LogP contribution is 2.32. The van der Waals surface area contributed by atoms with Crippen molar-refractivity contribution in [2.24, 2.45) is 0 Å². The van der Waals surface area contributed by atoms with E-state index < -0.39 is 0 Å². The van der Waals surface area contributed by atoms with Gasteiger partial charge in [0.1, 0.15) is 5.75 Å². The number of nitrogens with one attached hydrogen (secondary N) is 1. The molecule has 1 spiro atoms. The monoisotopic (exact) mass is 337 g/mol. The number of aryl methyl sites for hydroxylation is 1. The molecule has 2 aliphatic heterocycles. The molecule has 5 nitrogen and oxygen atoms in total. The summed E-state index contributed by atoms with van der Waals surface area (Å²) in [5.74, 6) is 0.754. The van der Waals surface area contributed by atoms with Crippen LogP contribution in [0.25, 0.3) is 0 Å². The maximum absolute atomic E-state index is 12.8. The number of hydrogen-bond acceptors (Lipinski definition) is 4. The van der Waals surface area contributed by atoms with Gasteiger partial charge in [0.2, 0.25) is 0 Å². The summed E-state index contributed by atoms with van der Waals surface area (Å²) in [6.07, 6.45) is 6.59. The number of fused-ring (bicyclic) bond motifs is 1. The van der Waals surface area contributed by atoms with Crippen molar-refractivity contribution in [2.75, 3.05) is 20.2 Å². The standard InChI is InChI=1S/C20H23N3O2/c1-25-17-5-4-16-6-7-20(22-19(24)18(16)11-17)8-10-23(14-20)13-15-3-2-9-21-12-15/h2-5,9,11-12H,6-8,10,13-14H2,1H3,(H,22,24)/t20-/m1/s1. The van der Waals surface area contributed by atoms with Gasteiger partial charge in [0.25, 0.3) is 5.91 Å². The molecule has 1 aromatic carbocycles. The van der Waals surface area contributed by atoms with E-state index >= 15 is 0 Å². The first kappa shape index (κ1) is 16.1. The van der Waals surface area contributed by atoms with Crippen LogP contribution in [-0.4, -0.2) is 41.5 Å². The Morgan fingerprint density at radius 1 is 1.32 bits per heavy atom. The Morgan fingerprint density at radius 3 is 3.04 bits per heavy atom. The van der Waals surface area contributed by atoms with Gasteiger partial charge in [0, 0.05) is 37.6 Å². The Morgan fingerprint density at radius 2 is 2.24 bits per heavy atom. The molecule has 5 heteroatoms. The Kier molecular flexibility index (Phi) is 4.17. The van der Waals surface area contributed by atoms with Crippen molar-refractivity contribution in [3.63, 3.8) is 0 Å². The molecule has 1 atom stereocenters. The van der Waals surface area contributed by atoms with E-state index in [9.17, 15) is 4.79 Å². The molecular formula is C20H23N3O2. The number of pyridine rings is 1. The third-order valence-electron chi connectivity index (χ3n) is 5.38. The zero-order valence-corrected chi connectivity index (χ0v) is 14.5. The molecule has 3 heterocycles.